The summed E-state index contributed by atoms with van der Waals surface area (Å²) in [6.07, 6.45) is 2.64. The highest BCUT2D eigenvalue weighted by Crippen LogP contribution is 2.21. The van der Waals surface area contributed by atoms with Gasteiger partial charge in [-0.1, -0.05) is 38.8 Å². The number of benzene rings is 1. The summed E-state index contributed by atoms with van der Waals surface area (Å²) in [5.74, 6) is 0. The Morgan fingerprint density at radius 3 is 2.28 bits per heavy atom. The third kappa shape index (κ3) is 7.06. The van der Waals surface area contributed by atoms with Crippen LogP contribution in [0, 0.1) is 10.1 Å². The lowest BCUT2D eigenvalue weighted by Gasteiger charge is -1.97. The van der Waals surface area contributed by atoms with Gasteiger partial charge >= 0.3 is 8.25 Å². The highest BCUT2D eigenvalue weighted by atomic mass is 31.1. The summed E-state index contributed by atoms with van der Waals surface area (Å²) in [4.78, 5) is 20.0. The van der Waals surface area contributed by atoms with Crippen molar-refractivity contribution in [3.63, 3.8) is 0 Å². The Morgan fingerprint density at radius 2 is 1.83 bits per heavy atom. The number of nitro benzene ring substituents is 1. The number of nitrogens with zero attached hydrogens (tertiary/aromatic N) is 1. The number of hydrogen-bond acceptors (Lipinski definition) is 5. The van der Waals surface area contributed by atoms with Crippen molar-refractivity contribution < 1.29 is 18.9 Å². The SMILES string of the molecule is CCCC.O=[N+]([O-])c1ccccc1CO[P+](=O)[O-]. The fourth-order valence-corrected chi connectivity index (χ4v) is 1.18. The molecule has 0 N–H and O–H groups in total. The number of unbranched alkanes of at least 4 members (excludes halogenated alkanes) is 1. The molecule has 1 rings (SSSR count). The molecule has 0 aromatic heterocycles. The average molecular weight is 273 g/mol. The van der Waals surface area contributed by atoms with Crippen LogP contribution in [0.15, 0.2) is 24.3 Å². The van der Waals surface area contributed by atoms with E-state index in [2.05, 4.69) is 18.4 Å². The predicted molar refractivity (Wildman–Crippen MR) is 66.1 cm³/mol. The highest BCUT2D eigenvalue weighted by molar-refractivity contribution is 7.30. The van der Waals surface area contributed by atoms with Crippen LogP contribution in [-0.2, 0) is 15.7 Å². The van der Waals surface area contributed by atoms with E-state index in [1.54, 1.807) is 6.07 Å². The molecule has 1 aromatic carbocycles. The van der Waals surface area contributed by atoms with Gasteiger partial charge in [0.1, 0.15) is 6.61 Å². The lowest BCUT2D eigenvalue weighted by molar-refractivity contribution is -0.385. The molecule has 0 aliphatic carbocycles. The van der Waals surface area contributed by atoms with E-state index in [1.807, 2.05) is 0 Å². The van der Waals surface area contributed by atoms with Gasteiger partial charge in [-0.15, -0.1) is 4.52 Å². The molecule has 6 nitrogen and oxygen atoms in total. The number of nitro groups is 1. The van der Waals surface area contributed by atoms with Crippen LogP contribution in [0.1, 0.15) is 32.3 Å². The van der Waals surface area contributed by atoms with Crippen molar-refractivity contribution >= 4 is 13.9 Å². The molecule has 0 aliphatic rings. The number of rotatable bonds is 5. The van der Waals surface area contributed by atoms with Gasteiger partial charge in [-0.3, -0.25) is 10.1 Å². The van der Waals surface area contributed by atoms with Gasteiger partial charge in [-0.25, -0.2) is 0 Å². The van der Waals surface area contributed by atoms with E-state index in [9.17, 15) is 19.6 Å². The lowest BCUT2D eigenvalue weighted by Crippen LogP contribution is -1.97. The third-order valence-corrected chi connectivity index (χ3v) is 2.35. The summed E-state index contributed by atoms with van der Waals surface area (Å²) < 4.78 is 14.4. The van der Waals surface area contributed by atoms with Gasteiger partial charge in [-0.2, -0.15) is 0 Å². The van der Waals surface area contributed by atoms with Gasteiger partial charge in [0.15, 0.2) is 0 Å². The van der Waals surface area contributed by atoms with E-state index in [0.29, 0.717) is 0 Å². The van der Waals surface area contributed by atoms with Crippen LogP contribution in [0.25, 0.3) is 0 Å². The van der Waals surface area contributed by atoms with E-state index in [0.717, 1.165) is 0 Å². The molecule has 0 fully saturated rings. The summed E-state index contributed by atoms with van der Waals surface area (Å²) in [7, 11) is -2.98. The maximum Gasteiger partial charge on any atom is 0.488 e. The normalized spacial score (nSPS) is 10.3. The Hall–Kier alpha value is -1.36. The summed E-state index contributed by atoms with van der Waals surface area (Å²) in [6.45, 7) is 4.05. The monoisotopic (exact) mass is 273 g/mol. The van der Waals surface area contributed by atoms with E-state index in [-0.39, 0.29) is 17.9 Å². The molecule has 0 saturated heterocycles. The second kappa shape index (κ2) is 9.65. The van der Waals surface area contributed by atoms with E-state index < -0.39 is 13.2 Å². The molecule has 0 saturated carbocycles. The maximum atomic E-state index is 10.5. The quantitative estimate of drug-likeness (QED) is 0.467. The molecule has 0 heterocycles. The first-order chi connectivity index (χ1) is 8.52. The first-order valence-electron chi connectivity index (χ1n) is 5.52. The van der Waals surface area contributed by atoms with Crippen molar-refractivity contribution in [3.05, 3.63) is 39.9 Å². The smallest absolute Gasteiger partial charge is 0.488 e. The van der Waals surface area contributed by atoms with Gasteiger partial charge in [0.2, 0.25) is 0 Å². The maximum absolute atomic E-state index is 10.5. The second-order valence-corrected chi connectivity index (χ2v) is 4.09. The fourth-order valence-electron chi connectivity index (χ4n) is 0.933. The zero-order valence-corrected chi connectivity index (χ0v) is 11.3. The topological polar surface area (TPSA) is 92.5 Å². The molecular formula is C11H16NO5P. The minimum absolute atomic E-state index is 0.149. The van der Waals surface area contributed by atoms with E-state index in [4.69, 9.17) is 0 Å². The lowest BCUT2D eigenvalue weighted by atomic mass is 10.2. The molecule has 1 atom stereocenters. The Labute approximate surface area is 107 Å². The largest absolute Gasteiger partial charge is 0.566 e. The van der Waals surface area contributed by atoms with Crippen molar-refractivity contribution in [1.29, 1.82) is 0 Å². The van der Waals surface area contributed by atoms with Gasteiger partial charge in [0.25, 0.3) is 5.69 Å². The van der Waals surface area contributed by atoms with Crippen LogP contribution in [0.3, 0.4) is 0 Å². The Morgan fingerprint density at radius 1 is 1.28 bits per heavy atom. The Balaban J connectivity index is 0.000000631. The van der Waals surface area contributed by atoms with Crippen LogP contribution in [-0.4, -0.2) is 4.92 Å². The minimum atomic E-state index is -2.98. The number of hydrogen-bond donors (Lipinski definition) is 0. The molecule has 7 heteroatoms. The zero-order chi connectivity index (χ0) is 14.0. The van der Waals surface area contributed by atoms with Crippen LogP contribution >= 0.6 is 8.25 Å². The molecule has 100 valence electrons. The molecular weight excluding hydrogens is 257 g/mol. The van der Waals surface area contributed by atoms with E-state index in [1.165, 1.54) is 31.0 Å². The Bertz CT molecular complexity index is 395. The Kier molecular flexibility index (Phi) is 8.92. The summed E-state index contributed by atoms with van der Waals surface area (Å²) in [5.41, 5.74) is 0.0843. The van der Waals surface area contributed by atoms with Crippen molar-refractivity contribution in [2.24, 2.45) is 0 Å². The number of para-hydroxylation sites is 1. The van der Waals surface area contributed by atoms with Gasteiger partial charge in [0, 0.05) is 6.07 Å². The van der Waals surface area contributed by atoms with Crippen LogP contribution < -0.4 is 4.89 Å². The van der Waals surface area contributed by atoms with E-state index >= 15 is 0 Å². The summed E-state index contributed by atoms with van der Waals surface area (Å²) in [5, 5.41) is 10.5. The molecule has 0 bridgehead atoms. The second-order valence-electron chi connectivity index (χ2n) is 3.38. The predicted octanol–water partition coefficient (Wildman–Crippen LogP) is 2.94. The van der Waals surface area contributed by atoms with Gasteiger partial charge in [-0.05, 0) is 10.6 Å². The van der Waals surface area contributed by atoms with Crippen LogP contribution in [0.5, 0.6) is 0 Å². The average Bonchev–Trinajstić information content (AvgIpc) is 2.36. The fraction of sp³-hybridized carbons (Fsp3) is 0.455. The van der Waals surface area contributed by atoms with Gasteiger partial charge in [0.05, 0.1) is 10.5 Å². The molecule has 0 radical (unpaired) electrons. The first kappa shape index (κ1) is 16.6. The minimum Gasteiger partial charge on any atom is -0.566 e. The standard InChI is InChI=1S/C7H6NO5P.C4H10/c9-8(10)7-4-2-1-3-6(7)5-13-14(11)12;1-3-4-2/h1-4H,5H2;3-4H2,1-2H3. The molecule has 1 aromatic rings. The molecule has 0 amide bonds. The van der Waals surface area contributed by atoms with Crippen LogP contribution in [0.2, 0.25) is 0 Å². The highest BCUT2D eigenvalue weighted by Gasteiger charge is 2.14. The van der Waals surface area contributed by atoms with Crippen molar-refractivity contribution in [2.75, 3.05) is 0 Å². The third-order valence-electron chi connectivity index (χ3n) is 2.01. The molecule has 0 spiro atoms. The molecule has 1 unspecified atom stereocenters. The van der Waals surface area contributed by atoms with Gasteiger partial charge < -0.3 is 4.89 Å². The molecule has 18 heavy (non-hydrogen) atoms. The first-order valence-corrected chi connectivity index (χ1v) is 6.62. The van der Waals surface area contributed by atoms with Crippen molar-refractivity contribution in [1.82, 2.24) is 0 Å². The van der Waals surface area contributed by atoms with Crippen molar-refractivity contribution in [2.45, 2.75) is 33.3 Å². The zero-order valence-electron chi connectivity index (χ0n) is 10.4. The molecule has 0 aliphatic heterocycles. The van der Waals surface area contributed by atoms with Crippen LogP contribution in [0.4, 0.5) is 5.69 Å². The summed E-state index contributed by atoms with van der Waals surface area (Å²) >= 11 is 0. The van der Waals surface area contributed by atoms with Crippen molar-refractivity contribution in [3.8, 4) is 0 Å². The summed E-state index contributed by atoms with van der Waals surface area (Å²) in [6, 6.07) is 5.80.